The number of rotatable bonds is 4. The Labute approximate surface area is 165 Å². The van der Waals surface area contributed by atoms with Gasteiger partial charge in [0, 0.05) is 4.88 Å². The van der Waals surface area contributed by atoms with Gasteiger partial charge in [-0.1, -0.05) is 39.3 Å². The lowest BCUT2D eigenvalue weighted by atomic mass is 9.69. The molecule has 0 radical (unpaired) electrons. The third-order valence-corrected chi connectivity index (χ3v) is 7.69. The summed E-state index contributed by atoms with van der Waals surface area (Å²) in [5.41, 5.74) is 3.54. The van der Waals surface area contributed by atoms with Crippen LogP contribution < -0.4 is 15.4 Å². The molecule has 0 saturated carbocycles. The SMILES string of the molecule is CCC(C)(C)[C@@H]1CCc2c(sc3c2C(=O)N[C@H](c2ccc(OC)cc2)N3)C1. The summed E-state index contributed by atoms with van der Waals surface area (Å²) in [4.78, 5) is 14.3. The predicted octanol–water partition coefficient (Wildman–Crippen LogP) is 5.15. The Morgan fingerprint density at radius 1 is 1.22 bits per heavy atom. The summed E-state index contributed by atoms with van der Waals surface area (Å²) in [7, 11) is 1.66. The van der Waals surface area contributed by atoms with Crippen LogP contribution in [0.2, 0.25) is 0 Å². The van der Waals surface area contributed by atoms with E-state index in [0.717, 1.165) is 34.7 Å². The molecule has 4 nitrogen and oxygen atoms in total. The standard InChI is InChI=1S/C22H28N2O2S/c1-5-22(2,3)14-8-11-16-17(12-14)27-21-18(16)20(25)23-19(24-21)13-6-9-15(26-4)10-7-13/h6-7,9-10,14,19,24H,5,8,11-12H2,1-4H3,(H,23,25)/t14-,19+/m1/s1. The van der Waals surface area contributed by atoms with Crippen LogP contribution in [0.1, 0.15) is 66.1 Å². The average molecular weight is 385 g/mol. The highest BCUT2D eigenvalue weighted by molar-refractivity contribution is 7.16. The second-order valence-corrected chi connectivity index (χ2v) is 9.42. The van der Waals surface area contributed by atoms with Crippen LogP contribution in [0.4, 0.5) is 5.00 Å². The molecule has 1 amide bonds. The first kappa shape index (κ1) is 18.4. The summed E-state index contributed by atoms with van der Waals surface area (Å²) < 4.78 is 5.23. The van der Waals surface area contributed by atoms with E-state index >= 15 is 0 Å². The average Bonchev–Trinajstić information content (AvgIpc) is 3.06. The molecule has 4 rings (SSSR count). The van der Waals surface area contributed by atoms with Crippen LogP contribution in [-0.4, -0.2) is 13.0 Å². The number of methoxy groups -OCH3 is 1. The minimum absolute atomic E-state index is 0.0512. The molecule has 1 aliphatic heterocycles. The van der Waals surface area contributed by atoms with Gasteiger partial charge in [0.05, 0.1) is 12.7 Å². The number of carbonyl (C=O) groups excluding carboxylic acids is 1. The Morgan fingerprint density at radius 3 is 2.63 bits per heavy atom. The fourth-order valence-corrected chi connectivity index (χ4v) is 5.57. The molecule has 0 unspecified atom stereocenters. The van der Waals surface area contributed by atoms with Crippen molar-refractivity contribution in [3.05, 3.63) is 45.8 Å². The number of anilines is 1. The highest BCUT2D eigenvalue weighted by Gasteiger charge is 2.37. The summed E-state index contributed by atoms with van der Waals surface area (Å²) in [6, 6.07) is 7.84. The van der Waals surface area contributed by atoms with Gasteiger partial charge in [-0.3, -0.25) is 4.79 Å². The zero-order valence-corrected chi connectivity index (χ0v) is 17.3. The van der Waals surface area contributed by atoms with Gasteiger partial charge >= 0.3 is 0 Å². The van der Waals surface area contributed by atoms with Gasteiger partial charge in [-0.15, -0.1) is 11.3 Å². The number of carbonyl (C=O) groups is 1. The van der Waals surface area contributed by atoms with Crippen LogP contribution >= 0.6 is 11.3 Å². The maximum atomic E-state index is 12.9. The Bertz CT molecular complexity index is 854. The third kappa shape index (κ3) is 3.22. The van der Waals surface area contributed by atoms with E-state index in [9.17, 15) is 4.79 Å². The fraction of sp³-hybridized carbons (Fsp3) is 0.500. The first-order valence-electron chi connectivity index (χ1n) is 9.79. The Hall–Kier alpha value is -2.01. The van der Waals surface area contributed by atoms with Gasteiger partial charge in [0.1, 0.15) is 16.9 Å². The van der Waals surface area contributed by atoms with E-state index in [-0.39, 0.29) is 12.1 Å². The van der Waals surface area contributed by atoms with Crippen molar-refractivity contribution in [1.29, 1.82) is 0 Å². The second-order valence-electron chi connectivity index (χ2n) is 8.31. The quantitative estimate of drug-likeness (QED) is 0.766. The molecule has 2 aliphatic rings. The zero-order valence-electron chi connectivity index (χ0n) is 16.5. The van der Waals surface area contributed by atoms with Gasteiger partial charge in [-0.05, 0) is 53.9 Å². The highest BCUT2D eigenvalue weighted by Crippen LogP contribution is 2.46. The summed E-state index contributed by atoms with van der Waals surface area (Å²) in [5.74, 6) is 1.56. The molecule has 1 aromatic carbocycles. The maximum Gasteiger partial charge on any atom is 0.256 e. The molecule has 1 aliphatic carbocycles. The van der Waals surface area contributed by atoms with E-state index in [1.807, 2.05) is 24.3 Å². The Kier molecular flexibility index (Phi) is 4.66. The minimum Gasteiger partial charge on any atom is -0.497 e. The molecule has 2 N–H and O–H groups in total. The van der Waals surface area contributed by atoms with Crippen molar-refractivity contribution in [2.24, 2.45) is 11.3 Å². The normalized spacial score (nSPS) is 21.7. The summed E-state index contributed by atoms with van der Waals surface area (Å²) in [6.45, 7) is 7.03. The molecule has 2 atom stereocenters. The van der Waals surface area contributed by atoms with Gasteiger partial charge in [-0.25, -0.2) is 0 Å². The van der Waals surface area contributed by atoms with Crippen molar-refractivity contribution in [3.8, 4) is 5.75 Å². The lowest BCUT2D eigenvalue weighted by molar-refractivity contribution is 0.0934. The maximum absolute atomic E-state index is 12.9. The molecule has 0 bridgehead atoms. The van der Waals surface area contributed by atoms with Crippen LogP contribution in [0, 0.1) is 11.3 Å². The first-order valence-corrected chi connectivity index (χ1v) is 10.6. The number of amides is 1. The number of fused-ring (bicyclic) bond motifs is 3. The molecule has 2 aromatic rings. The van der Waals surface area contributed by atoms with E-state index in [0.29, 0.717) is 11.3 Å². The molecule has 1 aromatic heterocycles. The van der Waals surface area contributed by atoms with Gasteiger partial charge in [-0.2, -0.15) is 0 Å². The number of nitrogens with one attached hydrogen (secondary N) is 2. The molecule has 27 heavy (non-hydrogen) atoms. The molecular formula is C22H28N2O2S. The van der Waals surface area contributed by atoms with Crippen molar-refractivity contribution in [2.75, 3.05) is 12.4 Å². The topological polar surface area (TPSA) is 50.4 Å². The molecule has 0 saturated heterocycles. The number of hydrogen-bond donors (Lipinski definition) is 2. The van der Waals surface area contributed by atoms with Gasteiger partial charge in [0.2, 0.25) is 0 Å². The zero-order chi connectivity index (χ0) is 19.2. The highest BCUT2D eigenvalue weighted by atomic mass is 32.1. The molecule has 0 spiro atoms. The van der Waals surface area contributed by atoms with Crippen molar-refractivity contribution in [1.82, 2.24) is 5.32 Å². The number of thiophene rings is 1. The first-order chi connectivity index (χ1) is 12.9. The Morgan fingerprint density at radius 2 is 1.96 bits per heavy atom. The largest absolute Gasteiger partial charge is 0.497 e. The van der Waals surface area contributed by atoms with E-state index in [1.54, 1.807) is 18.4 Å². The van der Waals surface area contributed by atoms with E-state index < -0.39 is 0 Å². The van der Waals surface area contributed by atoms with Crippen molar-refractivity contribution in [3.63, 3.8) is 0 Å². The summed E-state index contributed by atoms with van der Waals surface area (Å²) in [5, 5.41) is 7.71. The molecule has 5 heteroatoms. The summed E-state index contributed by atoms with van der Waals surface area (Å²) in [6.07, 6.45) is 4.27. The number of hydrogen-bond acceptors (Lipinski definition) is 4. The van der Waals surface area contributed by atoms with Crippen molar-refractivity contribution >= 4 is 22.2 Å². The lowest BCUT2D eigenvalue weighted by Crippen LogP contribution is -2.38. The molecule has 0 fully saturated rings. The fourth-order valence-electron chi connectivity index (χ4n) is 4.22. The van der Waals surface area contributed by atoms with Gasteiger partial charge in [0.15, 0.2) is 0 Å². The van der Waals surface area contributed by atoms with Crippen LogP contribution in [-0.2, 0) is 12.8 Å². The third-order valence-electron chi connectivity index (χ3n) is 6.51. The monoisotopic (exact) mass is 384 g/mol. The van der Waals surface area contributed by atoms with Crippen LogP contribution in [0.5, 0.6) is 5.75 Å². The molecular weight excluding hydrogens is 356 g/mol. The van der Waals surface area contributed by atoms with Gasteiger partial charge < -0.3 is 15.4 Å². The van der Waals surface area contributed by atoms with Crippen LogP contribution in [0.15, 0.2) is 24.3 Å². The van der Waals surface area contributed by atoms with E-state index in [4.69, 9.17) is 4.74 Å². The van der Waals surface area contributed by atoms with Crippen molar-refractivity contribution in [2.45, 2.75) is 52.6 Å². The molecule has 144 valence electrons. The van der Waals surface area contributed by atoms with Gasteiger partial charge in [0.25, 0.3) is 5.91 Å². The van der Waals surface area contributed by atoms with E-state index in [1.165, 1.54) is 23.3 Å². The minimum atomic E-state index is -0.195. The van der Waals surface area contributed by atoms with Crippen LogP contribution in [0.3, 0.4) is 0 Å². The smallest absolute Gasteiger partial charge is 0.256 e. The number of benzene rings is 1. The Balaban J connectivity index is 1.60. The lowest BCUT2D eigenvalue weighted by Gasteiger charge is -2.36. The second kappa shape index (κ2) is 6.86. The summed E-state index contributed by atoms with van der Waals surface area (Å²) >= 11 is 1.78. The molecule has 2 heterocycles. The predicted molar refractivity (Wildman–Crippen MR) is 111 cm³/mol. The van der Waals surface area contributed by atoms with E-state index in [2.05, 4.69) is 31.4 Å². The van der Waals surface area contributed by atoms with Crippen molar-refractivity contribution < 1.29 is 9.53 Å². The van der Waals surface area contributed by atoms with Crippen LogP contribution in [0.25, 0.3) is 0 Å². The number of ether oxygens (including phenoxy) is 1.